The van der Waals surface area contributed by atoms with Gasteiger partial charge in [0.1, 0.15) is 17.2 Å². The van der Waals surface area contributed by atoms with Crippen LogP contribution < -0.4 is 4.74 Å². The van der Waals surface area contributed by atoms with Crippen LogP contribution in [0.1, 0.15) is 31.9 Å². The molecule has 82 valence electrons. The van der Waals surface area contributed by atoms with Crippen molar-refractivity contribution in [2.75, 3.05) is 0 Å². The highest BCUT2D eigenvalue weighted by molar-refractivity contribution is 6.30. The van der Waals surface area contributed by atoms with Gasteiger partial charge in [-0.3, -0.25) is 0 Å². The molecule has 1 aromatic carbocycles. The highest BCUT2D eigenvalue weighted by atomic mass is 35.5. The van der Waals surface area contributed by atoms with Crippen LogP contribution >= 0.6 is 11.6 Å². The van der Waals surface area contributed by atoms with Gasteiger partial charge in [-0.05, 0) is 19.9 Å². The van der Waals surface area contributed by atoms with E-state index in [-0.39, 0.29) is 5.02 Å². The molecule has 0 saturated heterocycles. The van der Waals surface area contributed by atoms with Crippen molar-refractivity contribution in [2.24, 2.45) is 0 Å². The molecule has 0 bridgehead atoms. The summed E-state index contributed by atoms with van der Waals surface area (Å²) in [5, 5.41) is 9.86. The van der Waals surface area contributed by atoms with Crippen molar-refractivity contribution in [1.82, 2.24) is 0 Å². The average molecular weight is 231 g/mol. The van der Waals surface area contributed by atoms with Crippen LogP contribution in [0.15, 0.2) is 12.1 Å². The van der Waals surface area contributed by atoms with E-state index in [1.54, 1.807) is 0 Å². The molecular weight excluding hydrogens is 219 g/mol. The van der Waals surface area contributed by atoms with Crippen LogP contribution in [0.25, 0.3) is 0 Å². The number of aliphatic hydroxyl groups excluding tert-OH is 1. The summed E-state index contributed by atoms with van der Waals surface area (Å²) >= 11 is 5.64. The first-order valence-electron chi connectivity index (χ1n) is 4.75. The molecule has 1 aliphatic heterocycles. The lowest BCUT2D eigenvalue weighted by Gasteiger charge is -2.35. The van der Waals surface area contributed by atoms with Crippen molar-refractivity contribution >= 4 is 11.6 Å². The molecule has 1 atom stereocenters. The highest BCUT2D eigenvalue weighted by Crippen LogP contribution is 2.41. The zero-order chi connectivity index (χ0) is 11.2. The number of hydrogen-bond acceptors (Lipinski definition) is 2. The normalized spacial score (nSPS) is 23.1. The molecule has 0 saturated carbocycles. The van der Waals surface area contributed by atoms with E-state index >= 15 is 0 Å². The first kappa shape index (κ1) is 10.7. The maximum atomic E-state index is 13.2. The largest absolute Gasteiger partial charge is 0.487 e. The van der Waals surface area contributed by atoms with E-state index in [1.165, 1.54) is 12.1 Å². The molecule has 4 heteroatoms. The fourth-order valence-electron chi connectivity index (χ4n) is 1.81. The monoisotopic (exact) mass is 230 g/mol. The molecule has 1 aliphatic rings. The topological polar surface area (TPSA) is 29.5 Å². The summed E-state index contributed by atoms with van der Waals surface area (Å²) in [5.74, 6) is -0.152. The zero-order valence-corrected chi connectivity index (χ0v) is 9.31. The number of hydrogen-bond donors (Lipinski definition) is 1. The van der Waals surface area contributed by atoms with E-state index in [9.17, 15) is 9.50 Å². The van der Waals surface area contributed by atoms with Crippen LogP contribution in [0, 0.1) is 5.82 Å². The summed E-state index contributed by atoms with van der Waals surface area (Å²) in [6, 6.07) is 2.65. The second-order valence-electron chi connectivity index (χ2n) is 4.39. The fourth-order valence-corrected chi connectivity index (χ4v) is 1.98. The number of halogens is 2. The Morgan fingerprint density at radius 2 is 2.20 bits per heavy atom. The lowest BCUT2D eigenvalue weighted by atomic mass is 9.92. The van der Waals surface area contributed by atoms with Gasteiger partial charge in [0.05, 0.1) is 11.1 Å². The number of benzene rings is 1. The molecule has 2 rings (SSSR count). The Labute approximate surface area is 92.6 Å². The first-order chi connectivity index (χ1) is 6.89. The molecule has 1 unspecified atom stereocenters. The van der Waals surface area contributed by atoms with Gasteiger partial charge < -0.3 is 9.84 Å². The molecule has 1 heterocycles. The van der Waals surface area contributed by atoms with Gasteiger partial charge in [0, 0.05) is 18.1 Å². The summed E-state index contributed by atoms with van der Waals surface area (Å²) < 4.78 is 18.8. The number of rotatable bonds is 0. The zero-order valence-electron chi connectivity index (χ0n) is 8.55. The third-order valence-electron chi connectivity index (χ3n) is 2.48. The first-order valence-corrected chi connectivity index (χ1v) is 5.13. The van der Waals surface area contributed by atoms with E-state index in [1.807, 2.05) is 13.8 Å². The predicted octanol–water partition coefficient (Wildman–Crippen LogP) is 3.07. The number of ether oxygens (including phenoxy) is 1. The second-order valence-corrected chi connectivity index (χ2v) is 4.79. The Balaban J connectivity index is 2.51. The van der Waals surface area contributed by atoms with Gasteiger partial charge in [-0.2, -0.15) is 0 Å². The van der Waals surface area contributed by atoms with Crippen LogP contribution in [0.4, 0.5) is 4.39 Å². The Bertz CT molecular complexity index is 404. The smallest absolute Gasteiger partial charge is 0.145 e. The highest BCUT2D eigenvalue weighted by Gasteiger charge is 2.33. The van der Waals surface area contributed by atoms with Crippen molar-refractivity contribution in [3.05, 3.63) is 28.5 Å². The van der Waals surface area contributed by atoms with Gasteiger partial charge in [0.25, 0.3) is 0 Å². The third kappa shape index (κ3) is 1.94. The molecule has 0 spiro atoms. The molecule has 1 N–H and O–H groups in total. The quantitative estimate of drug-likeness (QED) is 0.742. The lowest BCUT2D eigenvalue weighted by molar-refractivity contribution is 0.0112. The molecule has 1 aromatic rings. The summed E-state index contributed by atoms with van der Waals surface area (Å²) in [7, 11) is 0. The summed E-state index contributed by atoms with van der Waals surface area (Å²) in [6.45, 7) is 3.71. The molecule has 2 nitrogen and oxygen atoms in total. The number of fused-ring (bicyclic) bond motifs is 1. The SMILES string of the molecule is CC1(C)CC(O)c2cc(Cl)c(F)cc2O1. The van der Waals surface area contributed by atoms with Gasteiger partial charge in [0.2, 0.25) is 0 Å². The molecule has 0 fully saturated rings. The third-order valence-corrected chi connectivity index (χ3v) is 2.77. The lowest BCUT2D eigenvalue weighted by Crippen LogP contribution is -2.34. The van der Waals surface area contributed by atoms with Gasteiger partial charge in [-0.25, -0.2) is 4.39 Å². The molecular formula is C11H12ClFO2. The van der Waals surface area contributed by atoms with Gasteiger partial charge >= 0.3 is 0 Å². The van der Waals surface area contributed by atoms with Crippen molar-refractivity contribution in [2.45, 2.75) is 32.0 Å². The van der Waals surface area contributed by atoms with Crippen molar-refractivity contribution < 1.29 is 14.2 Å². The van der Waals surface area contributed by atoms with E-state index < -0.39 is 17.5 Å². The van der Waals surface area contributed by atoms with E-state index in [2.05, 4.69) is 0 Å². The van der Waals surface area contributed by atoms with Gasteiger partial charge in [-0.15, -0.1) is 0 Å². The number of aliphatic hydroxyl groups is 1. The Hall–Kier alpha value is -0.800. The standard InChI is InChI=1S/C11H12ClFO2/c1-11(2)5-9(14)6-3-7(12)8(13)4-10(6)15-11/h3-4,9,14H,5H2,1-2H3. The minimum Gasteiger partial charge on any atom is -0.487 e. The Morgan fingerprint density at radius 3 is 2.87 bits per heavy atom. The van der Waals surface area contributed by atoms with Crippen LogP contribution in [0.5, 0.6) is 5.75 Å². The Morgan fingerprint density at radius 1 is 1.53 bits per heavy atom. The van der Waals surface area contributed by atoms with Crippen LogP contribution in [-0.2, 0) is 0 Å². The van der Waals surface area contributed by atoms with E-state index in [0.717, 1.165) is 0 Å². The summed E-state index contributed by atoms with van der Waals surface area (Å²) in [4.78, 5) is 0. The second kappa shape index (κ2) is 3.35. The molecule has 0 radical (unpaired) electrons. The molecule has 0 amide bonds. The van der Waals surface area contributed by atoms with Crippen molar-refractivity contribution in [3.63, 3.8) is 0 Å². The van der Waals surface area contributed by atoms with Crippen LogP contribution in [0.3, 0.4) is 0 Å². The van der Waals surface area contributed by atoms with Crippen LogP contribution in [-0.4, -0.2) is 10.7 Å². The van der Waals surface area contributed by atoms with E-state index in [4.69, 9.17) is 16.3 Å². The average Bonchev–Trinajstić information content (AvgIpc) is 2.07. The van der Waals surface area contributed by atoms with Gasteiger partial charge in [-0.1, -0.05) is 11.6 Å². The Kier molecular flexibility index (Phi) is 2.40. The minimum atomic E-state index is -0.651. The fraction of sp³-hybridized carbons (Fsp3) is 0.455. The van der Waals surface area contributed by atoms with Crippen LogP contribution in [0.2, 0.25) is 5.02 Å². The minimum absolute atomic E-state index is 0.0103. The van der Waals surface area contributed by atoms with Crippen molar-refractivity contribution in [3.8, 4) is 5.75 Å². The molecule has 0 aliphatic carbocycles. The molecule has 15 heavy (non-hydrogen) atoms. The summed E-state index contributed by atoms with van der Waals surface area (Å²) in [5.41, 5.74) is 0.0767. The van der Waals surface area contributed by atoms with Crippen molar-refractivity contribution in [1.29, 1.82) is 0 Å². The van der Waals surface area contributed by atoms with E-state index in [0.29, 0.717) is 17.7 Å². The maximum absolute atomic E-state index is 13.2. The summed E-state index contributed by atoms with van der Waals surface area (Å²) in [6.07, 6.45) is -0.177. The molecule has 0 aromatic heterocycles. The maximum Gasteiger partial charge on any atom is 0.145 e. The predicted molar refractivity (Wildman–Crippen MR) is 55.7 cm³/mol. The van der Waals surface area contributed by atoms with Gasteiger partial charge in [0.15, 0.2) is 0 Å².